The van der Waals surface area contributed by atoms with Crippen molar-refractivity contribution < 1.29 is 25.2 Å². The van der Waals surface area contributed by atoms with Gasteiger partial charge in [0.2, 0.25) is 5.88 Å². The van der Waals surface area contributed by atoms with Crippen molar-refractivity contribution in [3.8, 4) is 5.88 Å². The Balaban J connectivity index is 1.98. The van der Waals surface area contributed by atoms with Crippen LogP contribution in [-0.4, -0.2) is 60.7 Å². The van der Waals surface area contributed by atoms with Gasteiger partial charge < -0.3 is 35.0 Å². The molecule has 0 radical (unpaired) electrons. The average Bonchev–Trinajstić information content (AvgIpc) is 3.00. The highest BCUT2D eigenvalue weighted by Gasteiger charge is 2.53. The second-order valence-corrected chi connectivity index (χ2v) is 6.26. The molecular formula is C15H16N4O6. The van der Waals surface area contributed by atoms with Crippen molar-refractivity contribution in [2.75, 3.05) is 11.9 Å². The van der Waals surface area contributed by atoms with E-state index in [1.807, 2.05) is 0 Å². The van der Waals surface area contributed by atoms with Gasteiger partial charge in [-0.1, -0.05) is 0 Å². The first-order chi connectivity index (χ1) is 11.8. The van der Waals surface area contributed by atoms with E-state index < -0.39 is 42.0 Å². The average molecular weight is 348 g/mol. The zero-order valence-electron chi connectivity index (χ0n) is 13.1. The maximum Gasteiger partial charge on any atom is 0.216 e. The number of aliphatic hydroxyl groups excluding tert-OH is 2. The van der Waals surface area contributed by atoms with Crippen LogP contribution >= 0.6 is 0 Å². The molecule has 1 unspecified atom stereocenters. The molecule has 132 valence electrons. The van der Waals surface area contributed by atoms with E-state index in [2.05, 4.69) is 15.3 Å². The quantitative estimate of drug-likeness (QED) is 0.473. The third-order valence-electron chi connectivity index (χ3n) is 4.57. The summed E-state index contributed by atoms with van der Waals surface area (Å²) >= 11 is 0. The lowest BCUT2D eigenvalue weighted by molar-refractivity contribution is -0.0955. The fourth-order valence-corrected chi connectivity index (χ4v) is 3.29. The minimum atomic E-state index is -1.72. The Morgan fingerprint density at radius 2 is 2.24 bits per heavy atom. The lowest BCUT2D eigenvalue weighted by Gasteiger charge is -2.28. The minimum Gasteiger partial charge on any atom is -0.493 e. The van der Waals surface area contributed by atoms with Crippen molar-refractivity contribution in [1.82, 2.24) is 9.55 Å². The number of hydrogen-bond donors (Lipinski definition) is 5. The van der Waals surface area contributed by atoms with Crippen LogP contribution in [0.3, 0.4) is 0 Å². The van der Waals surface area contributed by atoms with Crippen LogP contribution in [0.4, 0.5) is 11.6 Å². The zero-order chi connectivity index (χ0) is 17.9. The summed E-state index contributed by atoms with van der Waals surface area (Å²) in [4.78, 5) is 20.4. The van der Waals surface area contributed by atoms with E-state index in [1.165, 1.54) is 24.0 Å². The van der Waals surface area contributed by atoms with Crippen molar-refractivity contribution in [2.24, 2.45) is 4.99 Å². The molecule has 1 fully saturated rings. The molecule has 2 aromatic heterocycles. The predicted molar refractivity (Wildman–Crippen MR) is 87.1 cm³/mol. The summed E-state index contributed by atoms with van der Waals surface area (Å²) in [5.41, 5.74) is -2.21. The van der Waals surface area contributed by atoms with Gasteiger partial charge in [0.15, 0.2) is 11.7 Å². The summed E-state index contributed by atoms with van der Waals surface area (Å²) < 4.78 is 7.02. The first kappa shape index (κ1) is 16.0. The minimum absolute atomic E-state index is 0.212. The molecule has 0 aromatic carbocycles. The largest absolute Gasteiger partial charge is 0.493 e. The fourth-order valence-electron chi connectivity index (χ4n) is 3.29. The highest BCUT2D eigenvalue weighted by atomic mass is 16.6. The first-order valence-corrected chi connectivity index (χ1v) is 7.59. The molecule has 5 N–H and O–H groups in total. The van der Waals surface area contributed by atoms with Gasteiger partial charge in [0.25, 0.3) is 0 Å². The van der Waals surface area contributed by atoms with E-state index in [4.69, 9.17) is 4.74 Å². The molecule has 4 rings (SSSR count). The Morgan fingerprint density at radius 3 is 2.92 bits per heavy atom. The summed E-state index contributed by atoms with van der Waals surface area (Å²) in [6, 6.07) is 0.978. The summed E-state index contributed by atoms with van der Waals surface area (Å²) in [6.07, 6.45) is -0.631. The highest BCUT2D eigenvalue weighted by Crippen LogP contribution is 2.44. The van der Waals surface area contributed by atoms with Crippen LogP contribution in [-0.2, 0) is 4.74 Å². The molecule has 0 saturated carbocycles. The van der Waals surface area contributed by atoms with Gasteiger partial charge in [-0.15, -0.1) is 0 Å². The number of nitrogens with one attached hydrogen (secondary N) is 1. The molecule has 25 heavy (non-hydrogen) atoms. The molecule has 0 amide bonds. The molecule has 4 heterocycles. The van der Waals surface area contributed by atoms with E-state index in [0.29, 0.717) is 5.39 Å². The maximum atomic E-state index is 12.3. The number of hydrogen-bond acceptors (Lipinski definition) is 9. The number of aromatic hydroxyl groups is 1. The Labute approximate surface area is 140 Å². The molecule has 0 aliphatic carbocycles. The fraction of sp³-hybridized carbons (Fsp3) is 0.400. The number of nitrogens with zero attached hydrogens (tertiary/aromatic N) is 3. The second-order valence-electron chi connectivity index (χ2n) is 6.26. The van der Waals surface area contributed by atoms with Crippen molar-refractivity contribution >= 4 is 28.7 Å². The highest BCUT2D eigenvalue weighted by molar-refractivity contribution is 6.06. The zero-order valence-corrected chi connectivity index (χ0v) is 13.1. The SMILES string of the molecule is CC1(O)[C@H](O)[C@@H](CO)O[C@H]1n1cc2c(=O)cc(O)nc3c2c1N=CN3. The Bertz CT molecular complexity index is 953. The number of ether oxygens (including phenoxy) is 1. The van der Waals surface area contributed by atoms with Gasteiger partial charge in [0.05, 0.1) is 23.7 Å². The van der Waals surface area contributed by atoms with Gasteiger partial charge in [-0.2, -0.15) is 4.98 Å². The van der Waals surface area contributed by atoms with Crippen molar-refractivity contribution in [1.29, 1.82) is 0 Å². The molecule has 2 aliphatic heterocycles. The van der Waals surface area contributed by atoms with Crippen LogP contribution in [0.5, 0.6) is 5.88 Å². The normalized spacial score (nSPS) is 30.6. The summed E-state index contributed by atoms with van der Waals surface area (Å²) in [5.74, 6) is 0.0756. The summed E-state index contributed by atoms with van der Waals surface area (Å²) in [5, 5.41) is 43.2. The van der Waals surface area contributed by atoms with Crippen LogP contribution in [0.25, 0.3) is 10.8 Å². The van der Waals surface area contributed by atoms with E-state index in [1.54, 1.807) is 0 Å². The standard InChI is InChI=1S/C15H16N4O6/c1-15(24)11(23)8(4-20)25-14(15)19-3-6-7(21)2-9(22)18-12-10(6)13(19)17-5-16-12/h2-3,5,8,11,14,20,22-24H,4H2,1H3,(H,16,17,18)/t8-,11-,14-,15?/m1/s1. The van der Waals surface area contributed by atoms with Gasteiger partial charge in [0.1, 0.15) is 29.4 Å². The van der Waals surface area contributed by atoms with E-state index in [9.17, 15) is 25.2 Å². The summed E-state index contributed by atoms with van der Waals surface area (Å²) in [7, 11) is 0. The lowest BCUT2D eigenvalue weighted by atomic mass is 9.96. The maximum absolute atomic E-state index is 12.3. The number of aliphatic hydroxyl groups is 3. The van der Waals surface area contributed by atoms with Gasteiger partial charge in [-0.25, -0.2) is 4.99 Å². The van der Waals surface area contributed by atoms with Crippen LogP contribution < -0.4 is 10.7 Å². The van der Waals surface area contributed by atoms with Gasteiger partial charge in [-0.05, 0) is 6.92 Å². The molecule has 0 spiro atoms. The smallest absolute Gasteiger partial charge is 0.216 e. The molecule has 4 atom stereocenters. The van der Waals surface area contributed by atoms with Gasteiger partial charge in [-0.3, -0.25) is 4.79 Å². The van der Waals surface area contributed by atoms with Gasteiger partial charge in [0, 0.05) is 12.3 Å². The molecule has 1 saturated heterocycles. The number of anilines is 1. The third-order valence-corrected chi connectivity index (χ3v) is 4.57. The molecule has 2 aromatic rings. The molecule has 0 bridgehead atoms. The van der Waals surface area contributed by atoms with Crippen LogP contribution in [0.1, 0.15) is 13.2 Å². The predicted octanol–water partition coefficient (Wildman–Crippen LogP) is -0.811. The topological polar surface area (TPSA) is 149 Å². The monoisotopic (exact) mass is 348 g/mol. The number of rotatable bonds is 2. The molecule has 10 heteroatoms. The number of aliphatic imine (C=N–C) groups is 1. The van der Waals surface area contributed by atoms with Crippen molar-refractivity contribution in [2.45, 2.75) is 31.0 Å². The van der Waals surface area contributed by atoms with E-state index in [0.717, 1.165) is 6.07 Å². The van der Waals surface area contributed by atoms with E-state index >= 15 is 0 Å². The van der Waals surface area contributed by atoms with Crippen molar-refractivity contribution in [3.05, 3.63) is 22.5 Å². The van der Waals surface area contributed by atoms with E-state index in [-0.39, 0.29) is 17.0 Å². The van der Waals surface area contributed by atoms with Crippen LogP contribution in [0.15, 0.2) is 22.1 Å². The number of aromatic nitrogens is 2. The van der Waals surface area contributed by atoms with Crippen molar-refractivity contribution in [3.63, 3.8) is 0 Å². The summed E-state index contributed by atoms with van der Waals surface area (Å²) in [6.45, 7) is 0.903. The molecule has 2 aliphatic rings. The van der Waals surface area contributed by atoms with Gasteiger partial charge >= 0.3 is 0 Å². The molecular weight excluding hydrogens is 332 g/mol. The Kier molecular flexibility index (Phi) is 3.34. The van der Waals surface area contributed by atoms with Crippen LogP contribution in [0, 0.1) is 0 Å². The Morgan fingerprint density at radius 1 is 1.48 bits per heavy atom. The molecule has 10 nitrogen and oxygen atoms in total. The Hall–Kier alpha value is -2.53. The second kappa shape index (κ2) is 5.23. The lowest BCUT2D eigenvalue weighted by Crippen LogP contribution is -2.44. The first-order valence-electron chi connectivity index (χ1n) is 7.59. The third kappa shape index (κ3) is 2.15. The van der Waals surface area contributed by atoms with Crippen LogP contribution in [0.2, 0.25) is 0 Å².